The number of alkyl halides is 1. The highest BCUT2D eigenvalue weighted by molar-refractivity contribution is 6.42. The van der Waals surface area contributed by atoms with Crippen molar-refractivity contribution in [1.82, 2.24) is 4.90 Å². The molecule has 0 aromatic heterocycles. The van der Waals surface area contributed by atoms with Gasteiger partial charge in [0.15, 0.2) is 0 Å². The molecule has 1 saturated heterocycles. The van der Waals surface area contributed by atoms with Gasteiger partial charge in [-0.05, 0) is 30.5 Å². The van der Waals surface area contributed by atoms with Gasteiger partial charge in [0, 0.05) is 13.1 Å². The summed E-state index contributed by atoms with van der Waals surface area (Å²) in [6, 6.07) is 5.04. The smallest absolute Gasteiger partial charge is 0.245 e. The first-order valence-corrected chi connectivity index (χ1v) is 6.66. The zero-order valence-electron chi connectivity index (χ0n) is 9.13. The van der Waals surface area contributed by atoms with Crippen LogP contribution in [0.1, 0.15) is 23.8 Å². The summed E-state index contributed by atoms with van der Waals surface area (Å²) in [7, 11) is 0. The Bertz CT molecular complexity index is 430. The second kappa shape index (κ2) is 5.47. The zero-order valence-corrected chi connectivity index (χ0v) is 11.4. The van der Waals surface area contributed by atoms with E-state index in [1.807, 2.05) is 0 Å². The van der Waals surface area contributed by atoms with E-state index in [2.05, 4.69) is 0 Å². The van der Waals surface area contributed by atoms with Crippen LogP contribution in [-0.4, -0.2) is 23.9 Å². The van der Waals surface area contributed by atoms with Crippen LogP contribution >= 0.6 is 34.8 Å². The van der Waals surface area contributed by atoms with Gasteiger partial charge in [0.05, 0.1) is 10.0 Å². The lowest BCUT2D eigenvalue weighted by molar-refractivity contribution is -0.129. The summed E-state index contributed by atoms with van der Waals surface area (Å²) in [6.07, 6.45) is 2.10. The van der Waals surface area contributed by atoms with Crippen LogP contribution in [-0.2, 0) is 4.79 Å². The van der Waals surface area contributed by atoms with Gasteiger partial charge in [0.25, 0.3) is 0 Å². The molecule has 1 fully saturated rings. The number of likely N-dealkylation sites (tertiary alicyclic amines) is 1. The van der Waals surface area contributed by atoms with Gasteiger partial charge in [-0.1, -0.05) is 29.3 Å². The van der Waals surface area contributed by atoms with Gasteiger partial charge < -0.3 is 4.90 Å². The van der Waals surface area contributed by atoms with E-state index in [1.54, 1.807) is 23.1 Å². The molecule has 1 aromatic rings. The summed E-state index contributed by atoms with van der Waals surface area (Å²) < 4.78 is 0. The molecular weight excluding hydrogens is 280 g/mol. The molecule has 1 aliphatic rings. The number of hydrogen-bond acceptors (Lipinski definition) is 1. The molecule has 92 valence electrons. The number of amides is 1. The summed E-state index contributed by atoms with van der Waals surface area (Å²) in [5.74, 6) is -0.0532. The molecule has 1 atom stereocenters. The molecule has 0 N–H and O–H groups in total. The summed E-state index contributed by atoms with van der Waals surface area (Å²) in [5.41, 5.74) is 0.693. The highest BCUT2D eigenvalue weighted by Gasteiger charge is 2.26. The minimum atomic E-state index is -0.678. The summed E-state index contributed by atoms with van der Waals surface area (Å²) >= 11 is 17.9. The van der Waals surface area contributed by atoms with E-state index in [9.17, 15) is 4.79 Å². The Balaban J connectivity index is 2.15. The average Bonchev–Trinajstić information content (AvgIpc) is 2.84. The second-order valence-corrected chi connectivity index (χ2v) is 5.32. The molecule has 2 rings (SSSR count). The predicted octanol–water partition coefficient (Wildman–Crippen LogP) is 3.90. The molecule has 1 unspecified atom stereocenters. The molecule has 0 aliphatic carbocycles. The fraction of sp³-hybridized carbons (Fsp3) is 0.417. The molecule has 0 bridgehead atoms. The van der Waals surface area contributed by atoms with Gasteiger partial charge in [-0.15, -0.1) is 11.6 Å². The molecule has 5 heteroatoms. The van der Waals surface area contributed by atoms with Crippen LogP contribution in [0, 0.1) is 0 Å². The Labute approximate surface area is 115 Å². The number of nitrogens with zero attached hydrogens (tertiary/aromatic N) is 1. The Kier molecular flexibility index (Phi) is 4.18. The van der Waals surface area contributed by atoms with Crippen molar-refractivity contribution in [2.45, 2.75) is 18.2 Å². The molecule has 1 aliphatic heterocycles. The van der Waals surface area contributed by atoms with Gasteiger partial charge in [0.1, 0.15) is 5.38 Å². The molecule has 0 spiro atoms. The minimum Gasteiger partial charge on any atom is -0.341 e. The lowest BCUT2D eigenvalue weighted by Crippen LogP contribution is -2.30. The SMILES string of the molecule is O=C(C(Cl)c1ccc(Cl)c(Cl)c1)N1CCCC1. The van der Waals surface area contributed by atoms with Crippen LogP contribution in [0.4, 0.5) is 0 Å². The molecule has 1 amide bonds. The number of carbonyl (C=O) groups excluding carboxylic acids is 1. The second-order valence-electron chi connectivity index (χ2n) is 4.07. The topological polar surface area (TPSA) is 20.3 Å². The molecule has 1 aromatic carbocycles. The maximum Gasteiger partial charge on any atom is 0.245 e. The van der Waals surface area contributed by atoms with E-state index in [-0.39, 0.29) is 5.91 Å². The van der Waals surface area contributed by atoms with Crippen LogP contribution in [0.25, 0.3) is 0 Å². The molecule has 1 heterocycles. The Morgan fingerprint density at radius 2 is 1.82 bits per heavy atom. The first-order chi connectivity index (χ1) is 8.09. The quantitative estimate of drug-likeness (QED) is 0.757. The summed E-state index contributed by atoms with van der Waals surface area (Å²) in [6.45, 7) is 1.59. The van der Waals surface area contributed by atoms with Gasteiger partial charge in [-0.2, -0.15) is 0 Å². The van der Waals surface area contributed by atoms with E-state index >= 15 is 0 Å². The Hall–Kier alpha value is -0.440. The number of benzene rings is 1. The minimum absolute atomic E-state index is 0.0532. The molecular formula is C12H12Cl3NO. The highest BCUT2D eigenvalue weighted by Crippen LogP contribution is 2.30. The third kappa shape index (κ3) is 2.87. The number of hydrogen-bond donors (Lipinski definition) is 0. The monoisotopic (exact) mass is 291 g/mol. The highest BCUT2D eigenvalue weighted by atomic mass is 35.5. The number of carbonyl (C=O) groups is 1. The van der Waals surface area contributed by atoms with E-state index in [0.717, 1.165) is 25.9 Å². The van der Waals surface area contributed by atoms with Crippen molar-refractivity contribution in [3.05, 3.63) is 33.8 Å². The van der Waals surface area contributed by atoms with Gasteiger partial charge in [-0.3, -0.25) is 4.79 Å². The summed E-state index contributed by atoms with van der Waals surface area (Å²) in [5, 5.41) is 0.208. The molecule has 0 radical (unpaired) electrons. The maximum atomic E-state index is 12.1. The Morgan fingerprint density at radius 3 is 2.41 bits per heavy atom. The van der Waals surface area contributed by atoms with Crippen LogP contribution in [0.15, 0.2) is 18.2 Å². The van der Waals surface area contributed by atoms with Gasteiger partial charge in [-0.25, -0.2) is 0 Å². The van der Waals surface area contributed by atoms with Crippen LogP contribution in [0.2, 0.25) is 10.0 Å². The van der Waals surface area contributed by atoms with E-state index < -0.39 is 5.38 Å². The van der Waals surface area contributed by atoms with Crippen molar-refractivity contribution in [1.29, 1.82) is 0 Å². The predicted molar refractivity (Wildman–Crippen MR) is 70.9 cm³/mol. The lowest BCUT2D eigenvalue weighted by Gasteiger charge is -2.19. The number of rotatable bonds is 2. The first kappa shape index (κ1) is 13.0. The fourth-order valence-electron chi connectivity index (χ4n) is 1.91. The molecule has 2 nitrogen and oxygen atoms in total. The van der Waals surface area contributed by atoms with Crippen molar-refractivity contribution in [2.75, 3.05) is 13.1 Å². The number of halogens is 3. The maximum absolute atomic E-state index is 12.1. The van der Waals surface area contributed by atoms with Crippen molar-refractivity contribution in [3.63, 3.8) is 0 Å². The Morgan fingerprint density at radius 1 is 1.18 bits per heavy atom. The van der Waals surface area contributed by atoms with Crippen LogP contribution < -0.4 is 0 Å². The molecule has 17 heavy (non-hydrogen) atoms. The van der Waals surface area contributed by atoms with E-state index in [1.165, 1.54) is 0 Å². The van der Waals surface area contributed by atoms with Gasteiger partial charge >= 0.3 is 0 Å². The van der Waals surface area contributed by atoms with Crippen LogP contribution in [0.3, 0.4) is 0 Å². The average molecular weight is 293 g/mol. The van der Waals surface area contributed by atoms with Crippen molar-refractivity contribution in [2.24, 2.45) is 0 Å². The third-order valence-corrected chi connectivity index (χ3v) is 4.05. The lowest BCUT2D eigenvalue weighted by atomic mass is 10.1. The standard InChI is InChI=1S/C12H12Cl3NO/c13-9-4-3-8(7-10(9)14)11(15)12(17)16-5-1-2-6-16/h3-4,7,11H,1-2,5-6H2. The fourth-order valence-corrected chi connectivity index (χ4v) is 2.49. The largest absolute Gasteiger partial charge is 0.341 e. The normalized spacial score (nSPS) is 17.2. The van der Waals surface area contributed by atoms with Crippen molar-refractivity contribution >= 4 is 40.7 Å². The molecule has 0 saturated carbocycles. The summed E-state index contributed by atoms with van der Waals surface area (Å²) in [4.78, 5) is 13.9. The first-order valence-electron chi connectivity index (χ1n) is 5.47. The van der Waals surface area contributed by atoms with E-state index in [4.69, 9.17) is 34.8 Å². The van der Waals surface area contributed by atoms with Crippen LogP contribution in [0.5, 0.6) is 0 Å². The van der Waals surface area contributed by atoms with Gasteiger partial charge in [0.2, 0.25) is 5.91 Å². The zero-order chi connectivity index (χ0) is 12.4. The van der Waals surface area contributed by atoms with E-state index in [0.29, 0.717) is 15.6 Å². The van der Waals surface area contributed by atoms with Crippen molar-refractivity contribution in [3.8, 4) is 0 Å². The third-order valence-electron chi connectivity index (χ3n) is 2.87. The van der Waals surface area contributed by atoms with Crippen molar-refractivity contribution < 1.29 is 4.79 Å².